The molecule has 0 radical (unpaired) electrons. The Bertz CT molecular complexity index is 946. The number of anilines is 1. The summed E-state index contributed by atoms with van der Waals surface area (Å²) in [6.07, 6.45) is 0.837. The van der Waals surface area contributed by atoms with Crippen molar-refractivity contribution < 1.29 is 9.18 Å². The van der Waals surface area contributed by atoms with Crippen LogP contribution in [0.5, 0.6) is 0 Å². The van der Waals surface area contributed by atoms with Crippen LogP contribution in [-0.2, 0) is 4.79 Å². The Morgan fingerprint density at radius 3 is 2.61 bits per heavy atom. The molecule has 2 aromatic carbocycles. The van der Waals surface area contributed by atoms with Crippen molar-refractivity contribution >= 4 is 56.0 Å². The first-order valence-electron chi connectivity index (χ1n) is 8.82. The number of thioether (sulfide) groups is 1. The molecule has 0 aliphatic rings. The molecular weight excluding hydrogens is 417 g/mol. The van der Waals surface area contributed by atoms with Gasteiger partial charge in [0, 0.05) is 11.4 Å². The van der Waals surface area contributed by atoms with Gasteiger partial charge in [-0.2, -0.15) is 0 Å². The van der Waals surface area contributed by atoms with E-state index in [1.165, 1.54) is 35.2 Å². The molecule has 1 heterocycles. The van der Waals surface area contributed by atoms with Crippen LogP contribution in [0.15, 0.2) is 47.4 Å². The molecular formula is C20H21ClFN3OS2. The summed E-state index contributed by atoms with van der Waals surface area (Å²) in [7, 11) is 4.02. The van der Waals surface area contributed by atoms with Gasteiger partial charge < -0.3 is 4.90 Å². The highest BCUT2D eigenvalue weighted by atomic mass is 35.5. The predicted octanol–water partition coefficient (Wildman–Crippen LogP) is 5.17. The highest BCUT2D eigenvalue weighted by Crippen LogP contribution is 2.33. The van der Waals surface area contributed by atoms with Crippen molar-refractivity contribution in [3.05, 3.63) is 53.3 Å². The van der Waals surface area contributed by atoms with E-state index in [0.29, 0.717) is 16.7 Å². The summed E-state index contributed by atoms with van der Waals surface area (Å²) in [4.78, 5) is 22.3. The molecule has 0 unspecified atom stereocenters. The molecule has 1 amide bonds. The Balaban J connectivity index is 1.77. The van der Waals surface area contributed by atoms with E-state index in [1.807, 2.05) is 26.2 Å². The molecule has 4 nitrogen and oxygen atoms in total. The van der Waals surface area contributed by atoms with Crippen LogP contribution in [0.1, 0.15) is 6.42 Å². The fraction of sp³-hybridized carbons (Fsp3) is 0.300. The van der Waals surface area contributed by atoms with Crippen molar-refractivity contribution in [1.82, 2.24) is 9.88 Å². The number of nitrogens with zero attached hydrogens (tertiary/aromatic N) is 3. The van der Waals surface area contributed by atoms with Gasteiger partial charge in [0.05, 0.1) is 15.5 Å². The molecule has 0 saturated carbocycles. The Kier molecular flexibility index (Phi) is 7.29. The summed E-state index contributed by atoms with van der Waals surface area (Å²) >= 11 is 9.11. The van der Waals surface area contributed by atoms with Gasteiger partial charge in [0.2, 0.25) is 5.91 Å². The number of carbonyl (C=O) groups is 1. The van der Waals surface area contributed by atoms with E-state index in [1.54, 1.807) is 23.1 Å². The standard InChI is InChI=1S/C20H21ClFN3OS2/c1-24(2)11-4-12-25(18(26)13-27-15-9-7-14(22)8-10-15)20-23-19-16(21)5-3-6-17(19)28-20/h3,5-10H,4,11-13H2,1-2H3. The van der Waals surface area contributed by atoms with Gasteiger partial charge in [-0.25, -0.2) is 9.37 Å². The number of rotatable bonds is 8. The minimum atomic E-state index is -0.285. The van der Waals surface area contributed by atoms with Crippen molar-refractivity contribution in [2.45, 2.75) is 11.3 Å². The lowest BCUT2D eigenvalue weighted by molar-refractivity contribution is -0.116. The Morgan fingerprint density at radius 1 is 1.18 bits per heavy atom. The minimum absolute atomic E-state index is 0.0248. The minimum Gasteiger partial charge on any atom is -0.309 e. The molecule has 0 spiro atoms. The maximum absolute atomic E-state index is 13.1. The molecule has 0 saturated heterocycles. The topological polar surface area (TPSA) is 36.4 Å². The molecule has 1 aromatic heterocycles. The zero-order chi connectivity index (χ0) is 20.1. The van der Waals surface area contributed by atoms with E-state index in [-0.39, 0.29) is 17.5 Å². The first-order chi connectivity index (χ1) is 13.4. The van der Waals surface area contributed by atoms with Crippen LogP contribution in [0.3, 0.4) is 0 Å². The molecule has 148 valence electrons. The average molecular weight is 438 g/mol. The van der Waals surface area contributed by atoms with Crippen molar-refractivity contribution in [2.24, 2.45) is 0 Å². The van der Waals surface area contributed by atoms with Crippen LogP contribution in [0.4, 0.5) is 9.52 Å². The Hall–Kier alpha value is -1.67. The number of aromatic nitrogens is 1. The summed E-state index contributed by atoms with van der Waals surface area (Å²) in [5, 5.41) is 1.24. The van der Waals surface area contributed by atoms with E-state index in [4.69, 9.17) is 11.6 Å². The van der Waals surface area contributed by atoms with E-state index < -0.39 is 0 Å². The summed E-state index contributed by atoms with van der Waals surface area (Å²) in [5.41, 5.74) is 0.723. The summed E-state index contributed by atoms with van der Waals surface area (Å²) in [5.74, 6) is -0.0485. The maximum Gasteiger partial charge on any atom is 0.239 e. The summed E-state index contributed by atoms with van der Waals surface area (Å²) in [6.45, 7) is 1.46. The van der Waals surface area contributed by atoms with Crippen molar-refractivity contribution in [1.29, 1.82) is 0 Å². The second-order valence-electron chi connectivity index (χ2n) is 6.53. The monoisotopic (exact) mass is 437 g/mol. The van der Waals surface area contributed by atoms with Gasteiger partial charge in [-0.1, -0.05) is 29.0 Å². The molecule has 0 atom stereocenters. The zero-order valence-corrected chi connectivity index (χ0v) is 18.1. The first kappa shape index (κ1) is 21.0. The number of benzene rings is 2. The fourth-order valence-electron chi connectivity index (χ4n) is 2.64. The van der Waals surface area contributed by atoms with Gasteiger partial charge in [0.1, 0.15) is 11.3 Å². The van der Waals surface area contributed by atoms with Crippen molar-refractivity contribution in [3.63, 3.8) is 0 Å². The maximum atomic E-state index is 13.1. The third-order valence-corrected chi connectivity index (χ3v) is 6.40. The lowest BCUT2D eigenvalue weighted by Crippen LogP contribution is -2.34. The number of fused-ring (bicyclic) bond motifs is 1. The van der Waals surface area contributed by atoms with Gasteiger partial charge >= 0.3 is 0 Å². The van der Waals surface area contributed by atoms with Crippen LogP contribution in [0.2, 0.25) is 5.02 Å². The summed E-state index contributed by atoms with van der Waals surface area (Å²) in [6, 6.07) is 11.8. The van der Waals surface area contributed by atoms with Crippen molar-refractivity contribution in [2.75, 3.05) is 37.8 Å². The van der Waals surface area contributed by atoms with E-state index in [9.17, 15) is 9.18 Å². The highest BCUT2D eigenvalue weighted by Gasteiger charge is 2.20. The van der Waals surface area contributed by atoms with Crippen molar-refractivity contribution in [3.8, 4) is 0 Å². The molecule has 3 rings (SSSR count). The van der Waals surface area contributed by atoms with Gasteiger partial charge in [0.15, 0.2) is 5.13 Å². The predicted molar refractivity (Wildman–Crippen MR) is 117 cm³/mol. The third kappa shape index (κ3) is 5.44. The molecule has 0 aliphatic carbocycles. The number of hydrogen-bond donors (Lipinski definition) is 0. The second kappa shape index (κ2) is 9.69. The fourth-order valence-corrected chi connectivity index (χ4v) is 4.73. The van der Waals surface area contributed by atoms with Gasteiger partial charge in [-0.15, -0.1) is 11.8 Å². The number of carbonyl (C=O) groups excluding carboxylic acids is 1. The van der Waals surface area contributed by atoms with Crippen LogP contribution < -0.4 is 4.90 Å². The Morgan fingerprint density at radius 2 is 1.93 bits per heavy atom. The van der Waals surface area contributed by atoms with Gasteiger partial charge in [0.25, 0.3) is 0 Å². The van der Waals surface area contributed by atoms with E-state index in [2.05, 4.69) is 9.88 Å². The Labute approximate surface area is 177 Å². The van der Waals surface area contributed by atoms with E-state index >= 15 is 0 Å². The van der Waals surface area contributed by atoms with Crippen LogP contribution in [-0.4, -0.2) is 48.7 Å². The van der Waals surface area contributed by atoms with Gasteiger partial charge in [-0.05, 0) is 63.5 Å². The third-order valence-electron chi connectivity index (χ3n) is 4.05. The molecule has 3 aromatic rings. The van der Waals surface area contributed by atoms with Gasteiger partial charge in [-0.3, -0.25) is 9.69 Å². The molecule has 28 heavy (non-hydrogen) atoms. The lowest BCUT2D eigenvalue weighted by Gasteiger charge is -2.21. The summed E-state index contributed by atoms with van der Waals surface area (Å²) < 4.78 is 14.0. The largest absolute Gasteiger partial charge is 0.309 e. The lowest BCUT2D eigenvalue weighted by atomic mass is 10.3. The molecule has 0 bridgehead atoms. The molecule has 8 heteroatoms. The normalized spacial score (nSPS) is 11.3. The van der Waals surface area contributed by atoms with Crippen LogP contribution in [0.25, 0.3) is 10.2 Å². The quantitative estimate of drug-likeness (QED) is 0.456. The van der Waals surface area contributed by atoms with Crippen LogP contribution in [0, 0.1) is 5.82 Å². The molecule has 0 N–H and O–H groups in total. The molecule has 0 aliphatic heterocycles. The SMILES string of the molecule is CN(C)CCCN(C(=O)CSc1ccc(F)cc1)c1nc2c(Cl)cccc2s1. The number of halogens is 2. The highest BCUT2D eigenvalue weighted by molar-refractivity contribution is 8.00. The number of hydrogen-bond acceptors (Lipinski definition) is 5. The van der Waals surface area contributed by atoms with Crippen LogP contribution >= 0.6 is 34.7 Å². The number of thiazole rings is 1. The number of amides is 1. The smallest absolute Gasteiger partial charge is 0.239 e. The molecule has 0 fully saturated rings. The van der Waals surface area contributed by atoms with E-state index in [0.717, 1.165) is 28.1 Å². The number of para-hydroxylation sites is 1. The zero-order valence-electron chi connectivity index (χ0n) is 15.7. The first-order valence-corrected chi connectivity index (χ1v) is 11.0. The second-order valence-corrected chi connectivity index (χ2v) is 8.99. The average Bonchev–Trinajstić information content (AvgIpc) is 3.09.